The summed E-state index contributed by atoms with van der Waals surface area (Å²) in [5.41, 5.74) is 7.46. The maximum Gasteiger partial charge on any atom is 1.00 e. The van der Waals surface area contributed by atoms with E-state index in [1.54, 1.807) is 6.07 Å². The standard InChI is InChI=1S/C12H17BrN2O2.Na/c1-3-15(4-2)7-9-5-8(12(16)17)6-10(13)11(9)14;/h5-6H,3-4,7,14H2,1-2H3,(H,16,17);/q;+1/p-1. The minimum absolute atomic E-state index is 0. The Bertz CT molecular complexity index is 423. The van der Waals surface area contributed by atoms with E-state index in [1.807, 2.05) is 0 Å². The molecular weight excluding hydrogens is 307 g/mol. The van der Waals surface area contributed by atoms with Gasteiger partial charge in [0.05, 0.1) is 11.7 Å². The van der Waals surface area contributed by atoms with Crippen LogP contribution in [-0.2, 0) is 6.54 Å². The van der Waals surface area contributed by atoms with Crippen molar-refractivity contribution in [2.45, 2.75) is 20.4 Å². The molecule has 0 saturated carbocycles. The number of aromatic carboxylic acids is 1. The van der Waals surface area contributed by atoms with Crippen LogP contribution in [0.3, 0.4) is 0 Å². The molecule has 0 atom stereocenters. The molecule has 0 spiro atoms. The summed E-state index contributed by atoms with van der Waals surface area (Å²) in [4.78, 5) is 13.0. The van der Waals surface area contributed by atoms with Gasteiger partial charge in [0.25, 0.3) is 0 Å². The van der Waals surface area contributed by atoms with Crippen molar-refractivity contribution >= 4 is 27.6 Å². The number of carbonyl (C=O) groups is 1. The molecule has 0 amide bonds. The van der Waals surface area contributed by atoms with Gasteiger partial charge in [0.2, 0.25) is 0 Å². The summed E-state index contributed by atoms with van der Waals surface area (Å²) in [6.45, 7) is 6.53. The van der Waals surface area contributed by atoms with Crippen molar-refractivity contribution in [3.63, 3.8) is 0 Å². The van der Waals surface area contributed by atoms with Gasteiger partial charge in [-0.05, 0) is 52.3 Å². The number of carboxylic acids is 1. The maximum atomic E-state index is 10.9. The molecule has 0 fully saturated rings. The van der Waals surface area contributed by atoms with Crippen LogP contribution in [0.1, 0.15) is 29.8 Å². The third-order valence-corrected chi connectivity index (χ3v) is 3.40. The van der Waals surface area contributed by atoms with Crippen LogP contribution in [0.5, 0.6) is 0 Å². The van der Waals surface area contributed by atoms with Gasteiger partial charge in [-0.25, -0.2) is 0 Å². The van der Waals surface area contributed by atoms with Crippen molar-refractivity contribution in [2.24, 2.45) is 0 Å². The summed E-state index contributed by atoms with van der Waals surface area (Å²) in [6, 6.07) is 3.05. The van der Waals surface area contributed by atoms with Gasteiger partial charge in [-0.3, -0.25) is 4.90 Å². The molecule has 94 valence electrons. The third kappa shape index (κ3) is 4.55. The average molecular weight is 323 g/mol. The van der Waals surface area contributed by atoms with Gasteiger partial charge in [0.15, 0.2) is 0 Å². The Morgan fingerprint density at radius 2 is 1.94 bits per heavy atom. The molecule has 0 bridgehead atoms. The van der Waals surface area contributed by atoms with Crippen molar-refractivity contribution < 1.29 is 39.5 Å². The van der Waals surface area contributed by atoms with E-state index in [-0.39, 0.29) is 35.1 Å². The van der Waals surface area contributed by atoms with Crippen LogP contribution in [0.4, 0.5) is 5.69 Å². The molecule has 1 aromatic rings. The number of halogens is 1. The first-order chi connectivity index (χ1) is 7.99. The zero-order chi connectivity index (χ0) is 13.0. The largest absolute Gasteiger partial charge is 1.00 e. The molecule has 1 rings (SSSR count). The van der Waals surface area contributed by atoms with Gasteiger partial charge in [-0.1, -0.05) is 13.8 Å². The number of nitrogen functional groups attached to an aromatic ring is 1. The van der Waals surface area contributed by atoms with Crippen LogP contribution in [-0.4, -0.2) is 24.0 Å². The molecule has 4 nitrogen and oxygen atoms in total. The van der Waals surface area contributed by atoms with Crippen molar-refractivity contribution in [3.8, 4) is 0 Å². The fourth-order valence-corrected chi connectivity index (χ4v) is 2.11. The van der Waals surface area contributed by atoms with E-state index in [4.69, 9.17) is 5.73 Å². The monoisotopic (exact) mass is 322 g/mol. The minimum atomic E-state index is -1.19. The molecular formula is C12H16BrN2NaO2. The minimum Gasteiger partial charge on any atom is -0.545 e. The molecule has 2 N–H and O–H groups in total. The number of nitrogens with zero attached hydrogens (tertiary/aromatic N) is 1. The second-order valence-electron chi connectivity index (χ2n) is 3.78. The first kappa shape index (κ1) is 17.9. The summed E-state index contributed by atoms with van der Waals surface area (Å²) in [7, 11) is 0. The van der Waals surface area contributed by atoms with Gasteiger partial charge < -0.3 is 15.6 Å². The second-order valence-corrected chi connectivity index (χ2v) is 4.63. The number of hydrogen-bond donors (Lipinski definition) is 1. The Labute approximate surface area is 138 Å². The van der Waals surface area contributed by atoms with Crippen LogP contribution in [0.2, 0.25) is 0 Å². The molecule has 6 heteroatoms. The number of carbonyl (C=O) groups excluding carboxylic acids is 1. The Morgan fingerprint density at radius 1 is 1.39 bits per heavy atom. The molecule has 0 aliphatic rings. The summed E-state index contributed by atoms with van der Waals surface area (Å²) in [5, 5.41) is 10.9. The van der Waals surface area contributed by atoms with Crippen LogP contribution >= 0.6 is 15.9 Å². The number of rotatable bonds is 5. The fourth-order valence-electron chi connectivity index (χ4n) is 1.61. The Kier molecular flexibility index (Phi) is 8.14. The number of benzene rings is 1. The van der Waals surface area contributed by atoms with E-state index in [1.165, 1.54) is 6.07 Å². The number of carboxylic acid groups (broad SMARTS) is 1. The Morgan fingerprint density at radius 3 is 2.39 bits per heavy atom. The van der Waals surface area contributed by atoms with Crippen molar-refractivity contribution in [1.82, 2.24) is 4.90 Å². The summed E-state index contributed by atoms with van der Waals surface area (Å²) < 4.78 is 0.598. The summed E-state index contributed by atoms with van der Waals surface area (Å²) in [6.07, 6.45) is 0. The quantitative estimate of drug-likeness (QED) is 0.515. The first-order valence-corrected chi connectivity index (χ1v) is 6.30. The zero-order valence-corrected chi connectivity index (χ0v) is 14.6. The van der Waals surface area contributed by atoms with Crippen LogP contribution < -0.4 is 40.4 Å². The van der Waals surface area contributed by atoms with E-state index < -0.39 is 5.97 Å². The van der Waals surface area contributed by atoms with E-state index in [0.717, 1.165) is 18.7 Å². The van der Waals surface area contributed by atoms with Gasteiger partial charge in [0.1, 0.15) is 0 Å². The zero-order valence-electron chi connectivity index (χ0n) is 11.0. The predicted molar refractivity (Wildman–Crippen MR) is 69.5 cm³/mol. The number of hydrogen-bond acceptors (Lipinski definition) is 4. The average Bonchev–Trinajstić information content (AvgIpc) is 2.30. The van der Waals surface area contributed by atoms with Crippen molar-refractivity contribution in [3.05, 3.63) is 27.7 Å². The normalized spacial score (nSPS) is 10.2. The van der Waals surface area contributed by atoms with Crippen LogP contribution in [0.15, 0.2) is 16.6 Å². The van der Waals surface area contributed by atoms with Gasteiger partial charge >= 0.3 is 29.6 Å². The maximum absolute atomic E-state index is 10.9. The number of nitrogens with two attached hydrogens (primary N) is 1. The predicted octanol–water partition coefficient (Wildman–Crippen LogP) is -1.76. The molecule has 18 heavy (non-hydrogen) atoms. The SMILES string of the molecule is CCN(CC)Cc1cc(C(=O)[O-])cc(Br)c1N.[Na+]. The third-order valence-electron chi connectivity index (χ3n) is 2.74. The van der Waals surface area contributed by atoms with Crippen LogP contribution in [0.25, 0.3) is 0 Å². The summed E-state index contributed by atoms with van der Waals surface area (Å²) >= 11 is 3.26. The van der Waals surface area contributed by atoms with E-state index in [9.17, 15) is 9.90 Å². The topological polar surface area (TPSA) is 69.4 Å². The summed E-state index contributed by atoms with van der Waals surface area (Å²) in [5.74, 6) is -1.19. The van der Waals surface area contributed by atoms with E-state index in [2.05, 4.69) is 34.7 Å². The van der Waals surface area contributed by atoms with Crippen LogP contribution in [0, 0.1) is 0 Å². The van der Waals surface area contributed by atoms with Gasteiger partial charge in [-0.15, -0.1) is 0 Å². The van der Waals surface area contributed by atoms with E-state index in [0.29, 0.717) is 16.7 Å². The second kappa shape index (κ2) is 8.17. The van der Waals surface area contributed by atoms with E-state index >= 15 is 0 Å². The molecule has 0 aliphatic heterocycles. The molecule has 0 aromatic heterocycles. The molecule has 0 heterocycles. The fraction of sp³-hybridized carbons (Fsp3) is 0.417. The number of anilines is 1. The molecule has 0 saturated heterocycles. The molecule has 1 aromatic carbocycles. The Balaban J connectivity index is 0.00000289. The van der Waals surface area contributed by atoms with Crippen molar-refractivity contribution in [2.75, 3.05) is 18.8 Å². The van der Waals surface area contributed by atoms with Gasteiger partial charge in [-0.2, -0.15) is 0 Å². The molecule has 0 radical (unpaired) electrons. The molecule has 0 aliphatic carbocycles. The first-order valence-electron chi connectivity index (χ1n) is 5.51. The molecule has 0 unspecified atom stereocenters. The van der Waals surface area contributed by atoms with Crippen molar-refractivity contribution in [1.29, 1.82) is 0 Å². The smallest absolute Gasteiger partial charge is 0.545 e. The Hall–Kier alpha value is -0.0700. The van der Waals surface area contributed by atoms with Gasteiger partial charge in [0, 0.05) is 11.0 Å².